The summed E-state index contributed by atoms with van der Waals surface area (Å²) < 4.78 is 28.4. The third-order valence-corrected chi connectivity index (χ3v) is 3.99. The second-order valence-electron chi connectivity index (χ2n) is 4.64. The van der Waals surface area contributed by atoms with Gasteiger partial charge in [0.25, 0.3) is 0 Å². The van der Waals surface area contributed by atoms with Crippen LogP contribution in [0.25, 0.3) is 0 Å². The minimum atomic E-state index is -2.79. The standard InChI is InChI=1S/C15H17F2NOS/c1-9-8-14(11(3)20-9)10(2)18-12-4-6-13(7-5-12)19-15(16)17/h4-8,10,15,18H,1-3H3. The predicted octanol–water partition coefficient (Wildman–Crippen LogP) is 5.14. The average molecular weight is 297 g/mol. The highest BCUT2D eigenvalue weighted by atomic mass is 32.1. The minimum absolute atomic E-state index is 0.167. The zero-order valence-corrected chi connectivity index (χ0v) is 12.4. The van der Waals surface area contributed by atoms with Crippen molar-refractivity contribution in [2.24, 2.45) is 0 Å². The molecule has 0 amide bonds. The van der Waals surface area contributed by atoms with Gasteiger partial charge in [0.2, 0.25) is 0 Å². The van der Waals surface area contributed by atoms with Gasteiger partial charge in [-0.25, -0.2) is 0 Å². The monoisotopic (exact) mass is 297 g/mol. The summed E-state index contributed by atoms with van der Waals surface area (Å²) in [7, 11) is 0. The van der Waals surface area contributed by atoms with Crippen molar-refractivity contribution in [2.75, 3.05) is 5.32 Å². The highest BCUT2D eigenvalue weighted by Gasteiger charge is 2.11. The Labute approximate surface area is 121 Å². The Bertz CT molecular complexity index is 566. The third kappa shape index (κ3) is 3.70. The quantitative estimate of drug-likeness (QED) is 0.825. The summed E-state index contributed by atoms with van der Waals surface area (Å²) in [5.41, 5.74) is 2.14. The van der Waals surface area contributed by atoms with E-state index in [4.69, 9.17) is 0 Å². The van der Waals surface area contributed by atoms with Crippen LogP contribution in [0.2, 0.25) is 0 Å². The number of rotatable bonds is 5. The highest BCUT2D eigenvalue weighted by Crippen LogP contribution is 2.29. The smallest absolute Gasteiger partial charge is 0.387 e. The van der Waals surface area contributed by atoms with Crippen LogP contribution in [0.3, 0.4) is 0 Å². The molecule has 0 radical (unpaired) electrons. The van der Waals surface area contributed by atoms with E-state index < -0.39 is 6.61 Å². The van der Waals surface area contributed by atoms with Crippen LogP contribution in [-0.2, 0) is 0 Å². The molecule has 1 atom stereocenters. The van der Waals surface area contributed by atoms with Crippen molar-refractivity contribution in [1.82, 2.24) is 0 Å². The van der Waals surface area contributed by atoms with Gasteiger partial charge in [-0.2, -0.15) is 8.78 Å². The lowest BCUT2D eigenvalue weighted by atomic mass is 10.1. The van der Waals surface area contributed by atoms with E-state index >= 15 is 0 Å². The van der Waals surface area contributed by atoms with Gasteiger partial charge in [-0.1, -0.05) is 0 Å². The Morgan fingerprint density at radius 1 is 1.15 bits per heavy atom. The topological polar surface area (TPSA) is 21.3 Å². The fraction of sp³-hybridized carbons (Fsp3) is 0.333. The van der Waals surface area contributed by atoms with E-state index in [0.29, 0.717) is 0 Å². The molecule has 1 unspecified atom stereocenters. The van der Waals surface area contributed by atoms with Crippen molar-refractivity contribution in [3.8, 4) is 5.75 Å². The van der Waals surface area contributed by atoms with Crippen LogP contribution in [0.1, 0.15) is 28.3 Å². The molecule has 2 nitrogen and oxygen atoms in total. The van der Waals surface area contributed by atoms with E-state index in [2.05, 4.69) is 36.9 Å². The summed E-state index contributed by atoms with van der Waals surface area (Å²) in [6.45, 7) is 3.48. The fourth-order valence-corrected chi connectivity index (χ4v) is 3.16. The van der Waals surface area contributed by atoms with E-state index in [1.165, 1.54) is 27.5 Å². The van der Waals surface area contributed by atoms with Gasteiger partial charge in [0.05, 0.1) is 0 Å². The molecule has 1 aromatic heterocycles. The van der Waals surface area contributed by atoms with Gasteiger partial charge in [-0.3, -0.25) is 0 Å². The van der Waals surface area contributed by atoms with Crippen LogP contribution >= 0.6 is 11.3 Å². The number of hydrogen-bond acceptors (Lipinski definition) is 3. The third-order valence-electron chi connectivity index (χ3n) is 3.01. The van der Waals surface area contributed by atoms with E-state index in [1.807, 2.05) is 0 Å². The fourth-order valence-electron chi connectivity index (χ4n) is 2.14. The molecule has 0 aliphatic carbocycles. The SMILES string of the molecule is Cc1cc(C(C)Nc2ccc(OC(F)F)cc2)c(C)s1. The van der Waals surface area contributed by atoms with Crippen molar-refractivity contribution in [3.63, 3.8) is 0 Å². The minimum Gasteiger partial charge on any atom is -0.435 e. The largest absolute Gasteiger partial charge is 0.435 e. The van der Waals surface area contributed by atoms with Crippen LogP contribution in [0.5, 0.6) is 5.75 Å². The molecule has 20 heavy (non-hydrogen) atoms. The zero-order chi connectivity index (χ0) is 14.7. The molecule has 0 bridgehead atoms. The molecule has 0 saturated carbocycles. The van der Waals surface area contributed by atoms with Gasteiger partial charge in [0.15, 0.2) is 0 Å². The number of ether oxygens (including phenoxy) is 1. The van der Waals surface area contributed by atoms with E-state index in [0.717, 1.165) is 5.69 Å². The number of alkyl halides is 2. The lowest BCUT2D eigenvalue weighted by Gasteiger charge is -2.15. The van der Waals surface area contributed by atoms with Crippen LogP contribution in [0.4, 0.5) is 14.5 Å². The van der Waals surface area contributed by atoms with Crippen LogP contribution in [-0.4, -0.2) is 6.61 Å². The lowest BCUT2D eigenvalue weighted by molar-refractivity contribution is -0.0498. The molecule has 1 N–H and O–H groups in total. The molecule has 0 aliphatic rings. The van der Waals surface area contributed by atoms with E-state index in [-0.39, 0.29) is 11.8 Å². The molecule has 108 valence electrons. The van der Waals surface area contributed by atoms with Crippen LogP contribution in [0.15, 0.2) is 30.3 Å². The predicted molar refractivity (Wildman–Crippen MR) is 78.9 cm³/mol. The van der Waals surface area contributed by atoms with Crippen molar-refractivity contribution in [1.29, 1.82) is 0 Å². The van der Waals surface area contributed by atoms with E-state index in [1.54, 1.807) is 23.5 Å². The first-order valence-corrected chi connectivity index (χ1v) is 7.15. The average Bonchev–Trinajstić information content (AvgIpc) is 2.70. The molecular formula is C15H17F2NOS. The summed E-state index contributed by atoms with van der Waals surface area (Å²) in [4.78, 5) is 2.58. The van der Waals surface area contributed by atoms with Gasteiger partial charge in [0.1, 0.15) is 5.75 Å². The first-order chi connectivity index (χ1) is 9.45. The molecule has 0 aliphatic heterocycles. The Kier molecular flexibility index (Phi) is 4.60. The molecule has 0 spiro atoms. The lowest BCUT2D eigenvalue weighted by Crippen LogP contribution is -2.07. The van der Waals surface area contributed by atoms with Gasteiger partial charge in [0, 0.05) is 21.5 Å². The number of aryl methyl sites for hydroxylation is 2. The number of nitrogens with one attached hydrogen (secondary N) is 1. The molecule has 2 aromatic rings. The Morgan fingerprint density at radius 3 is 2.30 bits per heavy atom. The van der Waals surface area contributed by atoms with Crippen LogP contribution in [0, 0.1) is 13.8 Å². The maximum absolute atomic E-state index is 12.1. The van der Waals surface area contributed by atoms with E-state index in [9.17, 15) is 8.78 Å². The molecule has 0 saturated heterocycles. The summed E-state index contributed by atoms with van der Waals surface area (Å²) >= 11 is 1.77. The van der Waals surface area contributed by atoms with Gasteiger partial charge in [-0.05, 0) is 56.7 Å². The zero-order valence-electron chi connectivity index (χ0n) is 11.6. The summed E-state index contributed by atoms with van der Waals surface area (Å²) in [5.74, 6) is 0.167. The summed E-state index contributed by atoms with van der Waals surface area (Å²) in [6.07, 6.45) is 0. The second-order valence-corrected chi connectivity index (χ2v) is 6.10. The van der Waals surface area contributed by atoms with Crippen molar-refractivity contribution in [3.05, 3.63) is 45.6 Å². The molecule has 2 rings (SSSR count). The van der Waals surface area contributed by atoms with Crippen molar-refractivity contribution >= 4 is 17.0 Å². The summed E-state index contributed by atoms with van der Waals surface area (Å²) in [5, 5.41) is 3.36. The number of anilines is 1. The molecule has 1 aromatic carbocycles. The summed E-state index contributed by atoms with van der Waals surface area (Å²) in [6, 6.07) is 8.89. The maximum Gasteiger partial charge on any atom is 0.387 e. The number of hydrogen-bond donors (Lipinski definition) is 1. The first-order valence-electron chi connectivity index (χ1n) is 6.34. The van der Waals surface area contributed by atoms with Crippen LogP contribution < -0.4 is 10.1 Å². The van der Waals surface area contributed by atoms with Crippen molar-refractivity contribution in [2.45, 2.75) is 33.4 Å². The Balaban J connectivity index is 2.04. The second kappa shape index (κ2) is 6.22. The Morgan fingerprint density at radius 2 is 1.80 bits per heavy atom. The number of halogens is 2. The van der Waals surface area contributed by atoms with Gasteiger partial charge >= 0.3 is 6.61 Å². The normalized spacial score (nSPS) is 12.5. The number of thiophene rings is 1. The van der Waals surface area contributed by atoms with Crippen molar-refractivity contribution < 1.29 is 13.5 Å². The highest BCUT2D eigenvalue weighted by molar-refractivity contribution is 7.12. The molecule has 0 fully saturated rings. The Hall–Kier alpha value is -1.62. The maximum atomic E-state index is 12.1. The van der Waals surface area contributed by atoms with Gasteiger partial charge < -0.3 is 10.1 Å². The van der Waals surface area contributed by atoms with Gasteiger partial charge in [-0.15, -0.1) is 11.3 Å². The number of benzene rings is 1. The first kappa shape index (κ1) is 14.8. The molecule has 1 heterocycles. The molecule has 5 heteroatoms. The molecular weight excluding hydrogens is 280 g/mol.